The first-order valence-electron chi connectivity index (χ1n) is 14.2. The molecule has 0 saturated heterocycles. The highest BCUT2D eigenvalue weighted by Crippen LogP contribution is 2.36. The van der Waals surface area contributed by atoms with Gasteiger partial charge in [0.2, 0.25) is 0 Å². The van der Waals surface area contributed by atoms with Crippen molar-refractivity contribution in [3.05, 3.63) is 42.2 Å². The molecule has 3 heteroatoms. The fraction of sp³-hybridized carbons (Fsp3) is 0.677. The molecular formula is C31H48N2O. The summed E-state index contributed by atoms with van der Waals surface area (Å²) >= 11 is 0. The van der Waals surface area contributed by atoms with Gasteiger partial charge in [0.25, 0.3) is 0 Å². The molecule has 1 aliphatic rings. The molecule has 3 atom stereocenters. The number of benzene rings is 1. The predicted molar refractivity (Wildman–Crippen MR) is 144 cm³/mol. The van der Waals surface area contributed by atoms with Crippen molar-refractivity contribution in [2.45, 2.75) is 111 Å². The maximum atomic E-state index is 6.07. The van der Waals surface area contributed by atoms with Crippen LogP contribution in [-0.4, -0.2) is 16.6 Å². The quantitative estimate of drug-likeness (QED) is 0.247. The molecule has 0 bridgehead atoms. The van der Waals surface area contributed by atoms with Crippen molar-refractivity contribution in [2.75, 3.05) is 6.61 Å². The van der Waals surface area contributed by atoms with E-state index in [0.29, 0.717) is 0 Å². The lowest BCUT2D eigenvalue weighted by Crippen LogP contribution is -2.20. The Kier molecular flexibility index (Phi) is 11.9. The Balaban J connectivity index is 1.39. The average molecular weight is 465 g/mol. The van der Waals surface area contributed by atoms with Gasteiger partial charge in [-0.25, -0.2) is 9.97 Å². The van der Waals surface area contributed by atoms with Crippen molar-refractivity contribution >= 4 is 0 Å². The second-order valence-electron chi connectivity index (χ2n) is 10.6. The van der Waals surface area contributed by atoms with Crippen molar-refractivity contribution in [1.29, 1.82) is 0 Å². The van der Waals surface area contributed by atoms with E-state index in [4.69, 9.17) is 4.74 Å². The third kappa shape index (κ3) is 9.04. The van der Waals surface area contributed by atoms with Gasteiger partial charge in [0.15, 0.2) is 5.82 Å². The van der Waals surface area contributed by atoms with Crippen molar-refractivity contribution in [3.63, 3.8) is 0 Å². The van der Waals surface area contributed by atoms with Crippen LogP contribution in [0.3, 0.4) is 0 Å². The molecule has 34 heavy (non-hydrogen) atoms. The van der Waals surface area contributed by atoms with Gasteiger partial charge in [-0.3, -0.25) is 0 Å². The number of hydrogen-bond donors (Lipinski definition) is 0. The SMILES string of the molecule is CCCCCC1CCCCC1CCCOc1ccc(-c2ncc(CCC[C@@H](C)CC)cn2)cc1. The van der Waals surface area contributed by atoms with Gasteiger partial charge < -0.3 is 4.74 Å². The molecule has 0 amide bonds. The summed E-state index contributed by atoms with van der Waals surface area (Å²) in [5, 5.41) is 0. The van der Waals surface area contributed by atoms with Crippen LogP contribution in [0, 0.1) is 17.8 Å². The summed E-state index contributed by atoms with van der Waals surface area (Å²) in [5.41, 5.74) is 2.29. The number of hydrogen-bond acceptors (Lipinski definition) is 3. The van der Waals surface area contributed by atoms with E-state index in [-0.39, 0.29) is 0 Å². The average Bonchev–Trinajstić information content (AvgIpc) is 2.88. The van der Waals surface area contributed by atoms with E-state index in [1.807, 2.05) is 12.4 Å². The molecular weight excluding hydrogens is 416 g/mol. The molecule has 1 aliphatic carbocycles. The Morgan fingerprint density at radius 2 is 1.56 bits per heavy atom. The van der Waals surface area contributed by atoms with Gasteiger partial charge in [0.05, 0.1) is 6.61 Å². The highest BCUT2D eigenvalue weighted by molar-refractivity contribution is 5.55. The highest BCUT2D eigenvalue weighted by atomic mass is 16.5. The molecule has 3 rings (SSSR count). The minimum Gasteiger partial charge on any atom is -0.494 e. The lowest BCUT2D eigenvalue weighted by atomic mass is 9.74. The Morgan fingerprint density at radius 1 is 0.882 bits per heavy atom. The van der Waals surface area contributed by atoms with Gasteiger partial charge >= 0.3 is 0 Å². The zero-order valence-electron chi connectivity index (χ0n) is 22.1. The number of aryl methyl sites for hydroxylation is 1. The minimum absolute atomic E-state index is 0.795. The Labute approximate surface area is 209 Å². The summed E-state index contributed by atoms with van der Waals surface area (Å²) < 4.78 is 6.07. The molecule has 1 fully saturated rings. The van der Waals surface area contributed by atoms with Crippen LogP contribution in [0.4, 0.5) is 0 Å². The van der Waals surface area contributed by atoms with E-state index in [9.17, 15) is 0 Å². The Bertz CT molecular complexity index is 786. The van der Waals surface area contributed by atoms with Gasteiger partial charge in [-0.2, -0.15) is 0 Å². The number of aromatic nitrogens is 2. The molecule has 2 unspecified atom stereocenters. The summed E-state index contributed by atoms with van der Waals surface area (Å²) in [5.74, 6) is 4.44. The Morgan fingerprint density at radius 3 is 2.21 bits per heavy atom. The third-order valence-electron chi connectivity index (χ3n) is 7.91. The van der Waals surface area contributed by atoms with Crippen LogP contribution in [0.25, 0.3) is 11.4 Å². The molecule has 3 nitrogen and oxygen atoms in total. The number of rotatable bonds is 15. The molecule has 0 N–H and O–H groups in total. The van der Waals surface area contributed by atoms with Crippen LogP contribution >= 0.6 is 0 Å². The zero-order valence-corrected chi connectivity index (χ0v) is 22.1. The van der Waals surface area contributed by atoms with Gasteiger partial charge in [-0.05, 0) is 73.3 Å². The maximum Gasteiger partial charge on any atom is 0.159 e. The smallest absolute Gasteiger partial charge is 0.159 e. The molecule has 1 aromatic heterocycles. The second kappa shape index (κ2) is 15.2. The summed E-state index contributed by atoms with van der Waals surface area (Å²) in [6.45, 7) is 7.72. The molecule has 0 aliphatic heterocycles. The lowest BCUT2D eigenvalue weighted by Gasteiger charge is -2.31. The van der Waals surface area contributed by atoms with Crippen molar-refractivity contribution in [3.8, 4) is 17.1 Å². The first-order valence-corrected chi connectivity index (χ1v) is 14.2. The van der Waals surface area contributed by atoms with Crippen LogP contribution in [0.2, 0.25) is 0 Å². The van der Waals surface area contributed by atoms with Crippen LogP contribution in [0.15, 0.2) is 36.7 Å². The van der Waals surface area contributed by atoms with Crippen molar-refractivity contribution < 1.29 is 4.74 Å². The molecule has 0 spiro atoms. The second-order valence-corrected chi connectivity index (χ2v) is 10.6. The maximum absolute atomic E-state index is 6.07. The molecule has 188 valence electrons. The monoisotopic (exact) mass is 464 g/mol. The minimum atomic E-state index is 0.795. The summed E-state index contributed by atoms with van der Waals surface area (Å²) in [6, 6.07) is 8.29. The normalized spacial score (nSPS) is 19.1. The van der Waals surface area contributed by atoms with Gasteiger partial charge in [-0.15, -0.1) is 0 Å². The Hall–Kier alpha value is -1.90. The third-order valence-corrected chi connectivity index (χ3v) is 7.91. The summed E-state index contributed by atoms with van der Waals surface area (Å²) in [4.78, 5) is 9.21. The van der Waals surface area contributed by atoms with Crippen LogP contribution in [-0.2, 0) is 6.42 Å². The number of nitrogens with zero attached hydrogens (tertiary/aromatic N) is 2. The first kappa shape index (κ1) is 26.7. The van der Waals surface area contributed by atoms with Crippen molar-refractivity contribution in [2.24, 2.45) is 17.8 Å². The number of ether oxygens (including phenoxy) is 1. The van der Waals surface area contributed by atoms with Gasteiger partial charge in [0, 0.05) is 18.0 Å². The first-order chi connectivity index (χ1) is 16.7. The van der Waals surface area contributed by atoms with E-state index < -0.39 is 0 Å². The molecule has 0 radical (unpaired) electrons. The van der Waals surface area contributed by atoms with Crippen molar-refractivity contribution in [1.82, 2.24) is 9.97 Å². The molecule has 1 aromatic carbocycles. The van der Waals surface area contributed by atoms with E-state index >= 15 is 0 Å². The molecule has 1 heterocycles. The highest BCUT2D eigenvalue weighted by Gasteiger charge is 2.24. The van der Waals surface area contributed by atoms with Crippen LogP contribution in [0.1, 0.15) is 110 Å². The fourth-order valence-corrected chi connectivity index (χ4v) is 5.43. The van der Waals surface area contributed by atoms with E-state index in [1.165, 1.54) is 82.6 Å². The van der Waals surface area contributed by atoms with E-state index in [2.05, 4.69) is 55.0 Å². The van der Waals surface area contributed by atoms with Crippen LogP contribution in [0.5, 0.6) is 5.75 Å². The van der Waals surface area contributed by atoms with E-state index in [1.54, 1.807) is 0 Å². The largest absolute Gasteiger partial charge is 0.494 e. The predicted octanol–water partition coefficient (Wildman–Crippen LogP) is 9.06. The summed E-state index contributed by atoms with van der Waals surface area (Å²) in [7, 11) is 0. The topological polar surface area (TPSA) is 35.0 Å². The summed E-state index contributed by atoms with van der Waals surface area (Å²) in [6.07, 6.45) is 22.7. The van der Waals surface area contributed by atoms with Gasteiger partial charge in [-0.1, -0.05) is 85.0 Å². The van der Waals surface area contributed by atoms with Gasteiger partial charge in [0.1, 0.15) is 5.75 Å². The van der Waals surface area contributed by atoms with E-state index in [0.717, 1.165) is 54.3 Å². The fourth-order valence-electron chi connectivity index (χ4n) is 5.43. The lowest BCUT2D eigenvalue weighted by molar-refractivity contribution is 0.190. The van der Waals surface area contributed by atoms with Crippen LogP contribution < -0.4 is 4.74 Å². The molecule has 2 aromatic rings. The zero-order chi connectivity index (χ0) is 24.0. The standard InChI is InChI=1S/C31H48N2O/c1-4-6-7-14-27-15-8-9-16-28(27)17-11-22-34-30-20-18-29(19-21-30)31-32-23-26(24-33-31)13-10-12-25(3)5-2/h18-21,23-25,27-28H,4-17,22H2,1-3H3/t25-,27?,28?/m0/s1. The molecule has 1 saturated carbocycles. The number of unbranched alkanes of at least 4 members (excludes halogenated alkanes) is 2.